The van der Waals surface area contributed by atoms with E-state index in [0.717, 1.165) is 40.0 Å². The fourth-order valence-electron chi connectivity index (χ4n) is 4.79. The maximum atomic E-state index is 13.1. The summed E-state index contributed by atoms with van der Waals surface area (Å²) in [6, 6.07) is 16.2. The van der Waals surface area contributed by atoms with E-state index in [0.29, 0.717) is 4.88 Å². The second kappa shape index (κ2) is 12.8. The predicted octanol–water partition coefficient (Wildman–Crippen LogP) is 2.04. The van der Waals surface area contributed by atoms with E-state index in [1.807, 2.05) is 18.2 Å². The fraction of sp³-hybridized carbons (Fsp3) is 0.393. The van der Waals surface area contributed by atoms with Gasteiger partial charge in [0.1, 0.15) is 30.5 Å². The van der Waals surface area contributed by atoms with Gasteiger partial charge in [0.25, 0.3) is 10.0 Å². The molecule has 40 heavy (non-hydrogen) atoms. The van der Waals surface area contributed by atoms with Crippen LogP contribution in [-0.4, -0.2) is 85.6 Å². The van der Waals surface area contributed by atoms with Crippen molar-refractivity contribution in [2.75, 3.05) is 31.2 Å². The number of anilines is 1. The third-order valence-electron chi connectivity index (χ3n) is 7.04. The molecule has 1 saturated heterocycles. The lowest BCUT2D eigenvalue weighted by Crippen LogP contribution is -2.64. The lowest BCUT2D eigenvalue weighted by atomic mass is 9.94. The molecule has 2 unspecified atom stereocenters. The highest BCUT2D eigenvalue weighted by molar-refractivity contribution is 7.93. The van der Waals surface area contributed by atoms with Crippen LogP contribution in [0.3, 0.4) is 0 Å². The Bertz CT molecular complexity index is 1510. The lowest BCUT2D eigenvalue weighted by molar-refractivity contribution is -0.198. The predicted molar refractivity (Wildman–Crippen MR) is 155 cm³/mol. The third kappa shape index (κ3) is 6.22. The van der Waals surface area contributed by atoms with E-state index in [9.17, 15) is 34.1 Å². The highest BCUT2D eigenvalue weighted by Crippen LogP contribution is 2.33. The first kappa shape index (κ1) is 30.1. The molecule has 2 heterocycles. The van der Waals surface area contributed by atoms with E-state index in [4.69, 9.17) is 4.74 Å². The number of nitrogens with one attached hydrogen (secondary N) is 1. The molecular weight excluding hydrogens is 554 g/mol. The smallest absolute Gasteiger partial charge is 0.251 e. The van der Waals surface area contributed by atoms with Crippen molar-refractivity contribution in [2.24, 2.45) is 0 Å². The summed E-state index contributed by atoms with van der Waals surface area (Å²) >= 11 is 1.32. The standard InChI is InChI=1S/C28H33N3O7S2/c1-3-31(4-2)20-8-7-17-11-19(6-5-18(17)12-20)25-10-9-21(39-25)13-22(14-29)40(36,37)30-26-23(15-32)38-24(16-33)27(34)28(26)35/h5-13,23-24,26-28,30,32-35H,3-4,15-16H2,1-2H3/b22-13+/t23?,24-,26?,27-,28-/m1/s1. The molecule has 5 N–H and O–H groups in total. The first-order valence-corrected chi connectivity index (χ1v) is 15.2. The van der Waals surface area contributed by atoms with E-state index < -0.39 is 58.6 Å². The summed E-state index contributed by atoms with van der Waals surface area (Å²) in [6.45, 7) is 4.77. The molecule has 0 amide bonds. The molecule has 5 atom stereocenters. The molecule has 12 heteroatoms. The zero-order valence-corrected chi connectivity index (χ0v) is 23.8. The molecule has 1 aromatic heterocycles. The zero-order valence-electron chi connectivity index (χ0n) is 22.1. The number of sulfonamides is 1. The van der Waals surface area contributed by atoms with Crippen LogP contribution in [0.4, 0.5) is 5.69 Å². The number of aliphatic hydroxyl groups excluding tert-OH is 4. The van der Waals surface area contributed by atoms with E-state index in [1.165, 1.54) is 17.4 Å². The maximum absolute atomic E-state index is 13.1. The largest absolute Gasteiger partial charge is 0.394 e. The molecule has 0 saturated carbocycles. The Kier molecular flexibility index (Phi) is 9.60. The first-order valence-electron chi connectivity index (χ1n) is 12.9. The van der Waals surface area contributed by atoms with Gasteiger partial charge in [-0.15, -0.1) is 11.3 Å². The Morgan fingerprint density at radius 2 is 1.70 bits per heavy atom. The van der Waals surface area contributed by atoms with Crippen LogP contribution >= 0.6 is 11.3 Å². The van der Waals surface area contributed by atoms with Crippen molar-refractivity contribution in [1.29, 1.82) is 5.26 Å². The van der Waals surface area contributed by atoms with E-state index in [2.05, 4.69) is 47.7 Å². The first-order chi connectivity index (χ1) is 19.1. The molecule has 0 radical (unpaired) electrons. The molecule has 3 aromatic rings. The number of nitriles is 1. The number of rotatable bonds is 10. The summed E-state index contributed by atoms with van der Waals surface area (Å²) in [5.41, 5.74) is 2.11. The molecule has 2 aromatic carbocycles. The highest BCUT2D eigenvalue weighted by atomic mass is 32.2. The topological polar surface area (TPSA) is 163 Å². The molecule has 4 rings (SSSR count). The van der Waals surface area contributed by atoms with Crippen LogP contribution in [0, 0.1) is 11.3 Å². The van der Waals surface area contributed by atoms with Crippen LogP contribution in [0.25, 0.3) is 27.3 Å². The van der Waals surface area contributed by atoms with Gasteiger partial charge in [-0.25, -0.2) is 13.1 Å². The number of hydrogen-bond acceptors (Lipinski definition) is 10. The molecule has 214 valence electrons. The average Bonchev–Trinajstić information content (AvgIpc) is 3.43. The molecule has 1 fully saturated rings. The number of fused-ring (bicyclic) bond motifs is 1. The van der Waals surface area contributed by atoms with Gasteiger partial charge in [0, 0.05) is 28.5 Å². The van der Waals surface area contributed by atoms with Gasteiger partial charge in [-0.05, 0) is 66.6 Å². The second-order valence-electron chi connectivity index (χ2n) is 9.45. The molecule has 0 bridgehead atoms. The SMILES string of the molecule is CCN(CC)c1ccc2cc(-c3ccc(/C=C(\C#N)S(=O)(=O)NC4C(CO)O[C@H](CO)[C@@H](O)[C@@H]4O)s3)ccc2c1. The van der Waals surface area contributed by atoms with Gasteiger partial charge in [-0.1, -0.05) is 18.2 Å². The van der Waals surface area contributed by atoms with Gasteiger partial charge < -0.3 is 30.1 Å². The minimum Gasteiger partial charge on any atom is -0.394 e. The van der Waals surface area contributed by atoms with E-state index >= 15 is 0 Å². The zero-order chi connectivity index (χ0) is 29.0. The summed E-state index contributed by atoms with van der Waals surface area (Å²) in [5.74, 6) is 0. The summed E-state index contributed by atoms with van der Waals surface area (Å²) in [5, 5.41) is 51.4. The maximum Gasteiger partial charge on any atom is 0.251 e. The van der Waals surface area contributed by atoms with Crippen molar-refractivity contribution in [2.45, 2.75) is 44.3 Å². The number of aliphatic hydroxyl groups is 4. The number of thiophene rings is 1. The quantitative estimate of drug-likeness (QED) is 0.223. The summed E-state index contributed by atoms with van der Waals surface area (Å²) in [4.78, 5) is 3.08. The van der Waals surface area contributed by atoms with Gasteiger partial charge >= 0.3 is 0 Å². The van der Waals surface area contributed by atoms with Gasteiger partial charge in [0.2, 0.25) is 0 Å². The van der Waals surface area contributed by atoms with Gasteiger partial charge in [-0.2, -0.15) is 5.26 Å². The Morgan fingerprint density at radius 3 is 2.35 bits per heavy atom. The van der Waals surface area contributed by atoms with Gasteiger partial charge in [0.05, 0.1) is 19.3 Å². The summed E-state index contributed by atoms with van der Waals surface area (Å²) < 4.78 is 33.6. The Hall–Kier alpha value is -2.86. The van der Waals surface area contributed by atoms with Gasteiger partial charge in [-0.3, -0.25) is 0 Å². The number of ether oxygens (including phenoxy) is 1. The Labute approximate surface area is 237 Å². The lowest BCUT2D eigenvalue weighted by Gasteiger charge is -2.41. The minimum atomic E-state index is -4.47. The van der Waals surface area contributed by atoms with E-state index in [1.54, 1.807) is 12.1 Å². The molecular formula is C28H33N3O7S2. The van der Waals surface area contributed by atoms with Crippen molar-refractivity contribution in [3.05, 3.63) is 58.3 Å². The number of hydrogen-bond donors (Lipinski definition) is 5. The molecule has 1 aliphatic heterocycles. The molecule has 1 aliphatic rings. The minimum absolute atomic E-state index is 0.522. The van der Waals surface area contributed by atoms with Crippen molar-refractivity contribution >= 4 is 43.9 Å². The van der Waals surface area contributed by atoms with Crippen LogP contribution < -0.4 is 9.62 Å². The second-order valence-corrected chi connectivity index (χ2v) is 12.2. The van der Waals surface area contributed by atoms with Crippen molar-refractivity contribution in [3.8, 4) is 16.5 Å². The molecule has 0 spiro atoms. The van der Waals surface area contributed by atoms with Crippen LogP contribution in [0.1, 0.15) is 18.7 Å². The van der Waals surface area contributed by atoms with Crippen LogP contribution in [0.5, 0.6) is 0 Å². The van der Waals surface area contributed by atoms with Crippen LogP contribution in [0.15, 0.2) is 53.4 Å². The summed E-state index contributed by atoms with van der Waals surface area (Å²) in [7, 11) is -4.47. The number of allylic oxidation sites excluding steroid dienone is 1. The summed E-state index contributed by atoms with van der Waals surface area (Å²) in [6.07, 6.45) is -4.48. The van der Waals surface area contributed by atoms with Crippen LogP contribution in [0.2, 0.25) is 0 Å². The van der Waals surface area contributed by atoms with E-state index in [-0.39, 0.29) is 0 Å². The van der Waals surface area contributed by atoms with Crippen molar-refractivity contribution in [1.82, 2.24) is 4.72 Å². The third-order valence-corrected chi connectivity index (χ3v) is 9.49. The van der Waals surface area contributed by atoms with Gasteiger partial charge in [0.15, 0.2) is 4.91 Å². The number of nitrogens with zero attached hydrogens (tertiary/aromatic N) is 2. The Balaban J connectivity index is 1.56. The highest BCUT2D eigenvalue weighted by Gasteiger charge is 2.45. The van der Waals surface area contributed by atoms with Crippen molar-refractivity contribution in [3.63, 3.8) is 0 Å². The van der Waals surface area contributed by atoms with Crippen molar-refractivity contribution < 1.29 is 33.6 Å². The molecule has 10 nitrogen and oxygen atoms in total. The number of benzene rings is 2. The average molecular weight is 588 g/mol. The van der Waals surface area contributed by atoms with Crippen LogP contribution in [-0.2, 0) is 14.8 Å². The molecule has 0 aliphatic carbocycles. The Morgan fingerprint density at radius 1 is 1.02 bits per heavy atom. The fourth-order valence-corrected chi connectivity index (χ4v) is 7.00. The normalized spacial score (nSPS) is 23.7. The monoisotopic (exact) mass is 587 g/mol.